The second-order valence-electron chi connectivity index (χ2n) is 3.34. The first-order valence-electron chi connectivity index (χ1n) is 4.15. The van der Waals surface area contributed by atoms with E-state index in [0.29, 0.717) is 0 Å². The molecule has 1 fully saturated rings. The van der Waals surface area contributed by atoms with Crippen molar-refractivity contribution in [2.24, 2.45) is 0 Å². The van der Waals surface area contributed by atoms with Crippen molar-refractivity contribution < 1.29 is 24.9 Å². The molecule has 0 bridgehead atoms. The van der Waals surface area contributed by atoms with E-state index in [9.17, 15) is 20.1 Å². The monoisotopic (exact) mass is 190 g/mol. The largest absolute Gasteiger partial charge is 0.388 e. The molecule has 0 spiro atoms. The highest BCUT2D eigenvalue weighted by atomic mass is 16.5. The Morgan fingerprint density at radius 1 is 1.15 bits per heavy atom. The summed E-state index contributed by atoms with van der Waals surface area (Å²) < 4.78 is 5.03. The van der Waals surface area contributed by atoms with Crippen molar-refractivity contribution in [2.45, 2.75) is 44.4 Å². The smallest absolute Gasteiger partial charge is 0.161 e. The highest BCUT2D eigenvalue weighted by Gasteiger charge is 2.43. The Labute approximate surface area is 75.9 Å². The third kappa shape index (κ3) is 1.88. The molecule has 1 rings (SSSR count). The van der Waals surface area contributed by atoms with Crippen LogP contribution in [-0.2, 0) is 9.53 Å². The summed E-state index contributed by atoms with van der Waals surface area (Å²) >= 11 is 0. The van der Waals surface area contributed by atoms with Crippen molar-refractivity contribution in [1.29, 1.82) is 0 Å². The molecule has 5 nitrogen and oxygen atoms in total. The van der Waals surface area contributed by atoms with Crippen LogP contribution in [0.25, 0.3) is 0 Å². The summed E-state index contributed by atoms with van der Waals surface area (Å²) in [4.78, 5) is 10.9. The lowest BCUT2D eigenvalue weighted by atomic mass is 9.94. The topological polar surface area (TPSA) is 87.0 Å². The molecule has 0 saturated carbocycles. The van der Waals surface area contributed by atoms with E-state index in [1.54, 1.807) is 0 Å². The Morgan fingerprint density at radius 3 is 2.15 bits per heavy atom. The molecule has 1 saturated heterocycles. The highest BCUT2D eigenvalue weighted by Crippen LogP contribution is 2.21. The van der Waals surface area contributed by atoms with Gasteiger partial charge in [0.25, 0.3) is 0 Å². The molecule has 5 heteroatoms. The second kappa shape index (κ2) is 3.71. The van der Waals surface area contributed by atoms with Gasteiger partial charge in [0, 0.05) is 0 Å². The molecule has 0 radical (unpaired) electrons. The fourth-order valence-electron chi connectivity index (χ4n) is 1.39. The molecule has 1 heterocycles. The first-order chi connectivity index (χ1) is 5.95. The van der Waals surface area contributed by atoms with Gasteiger partial charge < -0.3 is 20.1 Å². The molecule has 0 unspecified atom stereocenters. The molecule has 0 aromatic heterocycles. The maximum absolute atomic E-state index is 10.9. The molecule has 5 atom stereocenters. The number of aliphatic hydroxyl groups is 3. The average molecular weight is 190 g/mol. The minimum atomic E-state index is -1.34. The molecule has 1 aliphatic heterocycles. The Morgan fingerprint density at radius 2 is 1.69 bits per heavy atom. The van der Waals surface area contributed by atoms with Gasteiger partial charge in [-0.05, 0) is 13.8 Å². The fraction of sp³-hybridized carbons (Fsp3) is 0.875. The van der Waals surface area contributed by atoms with E-state index in [-0.39, 0.29) is 5.78 Å². The number of carbonyl (C=O) groups excluding carboxylic acids is 1. The zero-order valence-electron chi connectivity index (χ0n) is 7.54. The van der Waals surface area contributed by atoms with Crippen molar-refractivity contribution in [1.82, 2.24) is 0 Å². The van der Waals surface area contributed by atoms with Gasteiger partial charge in [0.1, 0.15) is 24.4 Å². The van der Waals surface area contributed by atoms with E-state index in [0.717, 1.165) is 0 Å². The summed E-state index contributed by atoms with van der Waals surface area (Å²) in [6.45, 7) is 2.81. The zero-order valence-corrected chi connectivity index (χ0v) is 7.54. The number of aliphatic hydroxyl groups excluding tert-OH is 3. The number of hydrogen-bond acceptors (Lipinski definition) is 5. The van der Waals surface area contributed by atoms with Crippen LogP contribution in [0.5, 0.6) is 0 Å². The van der Waals surface area contributed by atoms with E-state index in [2.05, 4.69) is 0 Å². The van der Waals surface area contributed by atoms with Crippen molar-refractivity contribution in [3.05, 3.63) is 0 Å². The Bertz CT molecular complexity index is 205. The van der Waals surface area contributed by atoms with Crippen LogP contribution in [0.4, 0.5) is 0 Å². The average Bonchev–Trinajstić information content (AvgIpc) is 2.07. The van der Waals surface area contributed by atoms with Gasteiger partial charge in [0.15, 0.2) is 5.78 Å². The van der Waals surface area contributed by atoms with Gasteiger partial charge in [-0.3, -0.25) is 4.79 Å². The minimum Gasteiger partial charge on any atom is -0.388 e. The van der Waals surface area contributed by atoms with E-state index < -0.39 is 30.5 Å². The number of rotatable bonds is 1. The van der Waals surface area contributed by atoms with Crippen LogP contribution in [0.2, 0.25) is 0 Å². The Hall–Kier alpha value is -0.490. The third-order valence-corrected chi connectivity index (χ3v) is 2.25. The fourth-order valence-corrected chi connectivity index (χ4v) is 1.39. The van der Waals surface area contributed by atoms with Crippen molar-refractivity contribution >= 4 is 5.78 Å². The predicted molar refractivity (Wildman–Crippen MR) is 43.0 cm³/mol. The highest BCUT2D eigenvalue weighted by molar-refractivity contribution is 5.81. The SMILES string of the molecule is CC(=O)[C@H]1O[C@@H](C)[C@H](O)[C@@H](O)[C@@H]1O. The van der Waals surface area contributed by atoms with E-state index in [1.807, 2.05) is 0 Å². The van der Waals surface area contributed by atoms with Gasteiger partial charge in [0.2, 0.25) is 0 Å². The number of ketones is 1. The maximum Gasteiger partial charge on any atom is 0.161 e. The van der Waals surface area contributed by atoms with Gasteiger partial charge >= 0.3 is 0 Å². The molecule has 0 aromatic carbocycles. The molecule has 0 amide bonds. The molecule has 13 heavy (non-hydrogen) atoms. The molecule has 0 aliphatic carbocycles. The standard InChI is InChI=1S/C8H14O5/c1-3(9)8-7(12)6(11)5(10)4(2)13-8/h4-8,10-12H,1-2H3/t4-,5-,6+,7-,8+/m0/s1. The molecular weight excluding hydrogens is 176 g/mol. The number of Topliss-reactive ketones (excluding diaryl/α,β-unsaturated/α-hetero) is 1. The second-order valence-corrected chi connectivity index (χ2v) is 3.34. The Balaban J connectivity index is 2.76. The van der Waals surface area contributed by atoms with Crippen molar-refractivity contribution in [3.8, 4) is 0 Å². The summed E-state index contributed by atoms with van der Waals surface area (Å²) in [5.41, 5.74) is 0. The summed E-state index contributed by atoms with van der Waals surface area (Å²) in [5.74, 6) is -0.356. The Kier molecular flexibility index (Phi) is 3.02. The normalized spacial score (nSPS) is 46.1. The van der Waals surface area contributed by atoms with Crippen LogP contribution < -0.4 is 0 Å². The third-order valence-electron chi connectivity index (χ3n) is 2.25. The van der Waals surface area contributed by atoms with Crippen LogP contribution in [0.1, 0.15) is 13.8 Å². The van der Waals surface area contributed by atoms with Crippen LogP contribution in [0.15, 0.2) is 0 Å². The summed E-state index contributed by atoms with van der Waals surface area (Å²) in [7, 11) is 0. The quantitative estimate of drug-likeness (QED) is 0.466. The van der Waals surface area contributed by atoms with Crippen LogP contribution in [-0.4, -0.2) is 51.6 Å². The minimum absolute atomic E-state index is 0.356. The zero-order chi connectivity index (χ0) is 10.2. The van der Waals surface area contributed by atoms with Crippen molar-refractivity contribution in [3.63, 3.8) is 0 Å². The predicted octanol–water partition coefficient (Wildman–Crippen LogP) is -1.55. The van der Waals surface area contributed by atoms with Gasteiger partial charge in [-0.15, -0.1) is 0 Å². The first kappa shape index (κ1) is 10.6. The van der Waals surface area contributed by atoms with Gasteiger partial charge in [0.05, 0.1) is 6.10 Å². The van der Waals surface area contributed by atoms with Crippen LogP contribution in [0, 0.1) is 0 Å². The number of carbonyl (C=O) groups is 1. The molecular formula is C8H14O5. The summed E-state index contributed by atoms with van der Waals surface area (Å²) in [6.07, 6.45) is -5.49. The maximum atomic E-state index is 10.9. The van der Waals surface area contributed by atoms with Crippen LogP contribution in [0.3, 0.4) is 0 Å². The lowest BCUT2D eigenvalue weighted by Crippen LogP contribution is -2.58. The van der Waals surface area contributed by atoms with Crippen LogP contribution >= 0.6 is 0 Å². The summed E-state index contributed by atoms with van der Waals surface area (Å²) in [5, 5.41) is 27.9. The summed E-state index contributed by atoms with van der Waals surface area (Å²) in [6, 6.07) is 0. The first-order valence-corrected chi connectivity index (χ1v) is 4.15. The number of hydrogen-bond donors (Lipinski definition) is 3. The molecule has 1 aliphatic rings. The molecule has 76 valence electrons. The van der Waals surface area contributed by atoms with E-state index >= 15 is 0 Å². The van der Waals surface area contributed by atoms with E-state index in [1.165, 1.54) is 13.8 Å². The number of ether oxygens (including phenoxy) is 1. The van der Waals surface area contributed by atoms with Gasteiger partial charge in [-0.25, -0.2) is 0 Å². The van der Waals surface area contributed by atoms with E-state index in [4.69, 9.17) is 4.74 Å². The lowest BCUT2D eigenvalue weighted by Gasteiger charge is -2.38. The lowest BCUT2D eigenvalue weighted by molar-refractivity contribution is -0.214. The van der Waals surface area contributed by atoms with Gasteiger partial charge in [-0.2, -0.15) is 0 Å². The molecule has 3 N–H and O–H groups in total. The van der Waals surface area contributed by atoms with Crippen molar-refractivity contribution in [2.75, 3.05) is 0 Å². The molecule has 0 aromatic rings. The van der Waals surface area contributed by atoms with Gasteiger partial charge in [-0.1, -0.05) is 0 Å².